The summed E-state index contributed by atoms with van der Waals surface area (Å²) in [5.41, 5.74) is -0.415. The predicted octanol–water partition coefficient (Wildman–Crippen LogP) is 2.59. The van der Waals surface area contributed by atoms with Crippen molar-refractivity contribution in [3.8, 4) is 0 Å². The number of hydrogen-bond donors (Lipinski definition) is 0. The van der Waals surface area contributed by atoms with E-state index >= 15 is 0 Å². The maximum Gasteiger partial charge on any atom is 0.289 e. The maximum absolute atomic E-state index is 12.5. The molecular formula is C12H13ClN2O4S. The molecule has 1 aromatic carbocycles. The minimum absolute atomic E-state index is 0.0484. The van der Waals surface area contributed by atoms with Crippen LogP contribution in [-0.4, -0.2) is 30.2 Å². The molecule has 0 saturated heterocycles. The summed E-state index contributed by atoms with van der Waals surface area (Å²) in [6.07, 6.45) is 3.09. The summed E-state index contributed by atoms with van der Waals surface area (Å²) < 4.78 is 26.3. The fourth-order valence-electron chi connectivity index (χ4n) is 1.86. The molecule has 6 nitrogen and oxygen atoms in total. The molecule has 0 aliphatic heterocycles. The van der Waals surface area contributed by atoms with Gasteiger partial charge in [0.1, 0.15) is 5.02 Å². The van der Waals surface area contributed by atoms with E-state index in [1.165, 1.54) is 22.5 Å². The van der Waals surface area contributed by atoms with E-state index in [2.05, 4.69) is 6.58 Å². The van der Waals surface area contributed by atoms with Crippen LogP contribution in [-0.2, 0) is 10.0 Å². The average molecular weight is 317 g/mol. The zero-order valence-corrected chi connectivity index (χ0v) is 12.1. The van der Waals surface area contributed by atoms with Crippen molar-refractivity contribution in [2.45, 2.75) is 23.8 Å². The molecule has 8 heteroatoms. The first-order valence-corrected chi connectivity index (χ1v) is 7.76. The second kappa shape index (κ2) is 5.51. The molecule has 20 heavy (non-hydrogen) atoms. The van der Waals surface area contributed by atoms with Crippen LogP contribution in [0.25, 0.3) is 0 Å². The van der Waals surface area contributed by atoms with Crippen LogP contribution in [0.3, 0.4) is 0 Å². The Morgan fingerprint density at radius 3 is 2.65 bits per heavy atom. The van der Waals surface area contributed by atoms with Gasteiger partial charge in [-0.25, -0.2) is 8.42 Å². The first-order valence-electron chi connectivity index (χ1n) is 5.94. The lowest BCUT2D eigenvalue weighted by Gasteiger charge is -2.20. The number of nitro benzene ring substituents is 1. The van der Waals surface area contributed by atoms with Crippen LogP contribution in [0.4, 0.5) is 5.69 Å². The molecule has 0 bridgehead atoms. The van der Waals surface area contributed by atoms with Crippen LogP contribution < -0.4 is 0 Å². The molecule has 0 radical (unpaired) electrons. The molecule has 0 aromatic heterocycles. The summed E-state index contributed by atoms with van der Waals surface area (Å²) in [4.78, 5) is 10.0. The Bertz CT molecular complexity index is 655. The van der Waals surface area contributed by atoms with Gasteiger partial charge in [-0.2, -0.15) is 4.31 Å². The van der Waals surface area contributed by atoms with Gasteiger partial charge < -0.3 is 0 Å². The molecule has 0 N–H and O–H groups in total. The van der Waals surface area contributed by atoms with Crippen molar-refractivity contribution in [2.24, 2.45) is 0 Å². The first-order chi connectivity index (χ1) is 9.37. The van der Waals surface area contributed by atoms with Crippen molar-refractivity contribution >= 4 is 27.3 Å². The Kier molecular flexibility index (Phi) is 4.12. The van der Waals surface area contributed by atoms with Crippen molar-refractivity contribution < 1.29 is 13.3 Å². The Hall–Kier alpha value is -1.44. The Morgan fingerprint density at radius 1 is 1.50 bits per heavy atom. The summed E-state index contributed by atoms with van der Waals surface area (Å²) in [5, 5.41) is 10.8. The Balaban J connectivity index is 2.45. The van der Waals surface area contributed by atoms with Crippen LogP contribution >= 0.6 is 11.6 Å². The highest BCUT2D eigenvalue weighted by Crippen LogP contribution is 2.34. The maximum atomic E-state index is 12.5. The van der Waals surface area contributed by atoms with Crippen LogP contribution in [0.1, 0.15) is 12.8 Å². The van der Waals surface area contributed by atoms with Gasteiger partial charge in [-0.3, -0.25) is 10.1 Å². The average Bonchev–Trinajstić information content (AvgIpc) is 3.19. The van der Waals surface area contributed by atoms with Crippen LogP contribution in [0.2, 0.25) is 5.02 Å². The number of halogens is 1. The summed E-state index contributed by atoms with van der Waals surface area (Å²) in [7, 11) is -3.77. The third-order valence-corrected chi connectivity index (χ3v) is 5.22. The van der Waals surface area contributed by atoms with Gasteiger partial charge in [0.25, 0.3) is 5.69 Å². The number of sulfonamides is 1. The van der Waals surface area contributed by atoms with E-state index in [1.54, 1.807) is 0 Å². The van der Waals surface area contributed by atoms with Crippen molar-refractivity contribution in [2.75, 3.05) is 6.54 Å². The Morgan fingerprint density at radius 2 is 2.15 bits per heavy atom. The Labute approximate surface area is 121 Å². The summed E-state index contributed by atoms with van der Waals surface area (Å²) in [6, 6.07) is 3.46. The fraction of sp³-hybridized carbons (Fsp3) is 0.333. The minimum atomic E-state index is -3.77. The molecule has 0 atom stereocenters. The monoisotopic (exact) mass is 316 g/mol. The van der Waals surface area contributed by atoms with Gasteiger partial charge in [0.05, 0.1) is 9.82 Å². The summed E-state index contributed by atoms with van der Waals surface area (Å²) in [5.74, 6) is 0. The van der Waals surface area contributed by atoms with E-state index in [0.29, 0.717) is 0 Å². The minimum Gasteiger partial charge on any atom is -0.258 e. The van der Waals surface area contributed by atoms with Crippen molar-refractivity contribution in [3.63, 3.8) is 0 Å². The highest BCUT2D eigenvalue weighted by atomic mass is 35.5. The van der Waals surface area contributed by atoms with E-state index in [9.17, 15) is 18.5 Å². The van der Waals surface area contributed by atoms with Crippen LogP contribution in [0, 0.1) is 10.1 Å². The highest BCUT2D eigenvalue weighted by molar-refractivity contribution is 7.89. The topological polar surface area (TPSA) is 80.5 Å². The molecule has 0 heterocycles. The quantitative estimate of drug-likeness (QED) is 0.459. The van der Waals surface area contributed by atoms with Gasteiger partial charge in [-0.05, 0) is 25.0 Å². The molecule has 2 rings (SSSR count). The zero-order chi connectivity index (χ0) is 14.9. The van der Waals surface area contributed by atoms with Crippen molar-refractivity contribution in [3.05, 3.63) is 46.0 Å². The van der Waals surface area contributed by atoms with E-state index in [1.807, 2.05) is 0 Å². The first kappa shape index (κ1) is 15.0. The molecule has 1 fully saturated rings. The van der Waals surface area contributed by atoms with Gasteiger partial charge in [0.2, 0.25) is 10.0 Å². The molecule has 0 unspecified atom stereocenters. The van der Waals surface area contributed by atoms with Crippen LogP contribution in [0.15, 0.2) is 35.7 Å². The number of rotatable bonds is 6. The largest absolute Gasteiger partial charge is 0.289 e. The van der Waals surface area contributed by atoms with Crippen molar-refractivity contribution in [1.82, 2.24) is 4.31 Å². The number of nitro groups is 1. The molecule has 0 amide bonds. The second-order valence-electron chi connectivity index (χ2n) is 4.46. The molecular weight excluding hydrogens is 304 g/mol. The molecule has 1 aromatic rings. The second-order valence-corrected chi connectivity index (χ2v) is 6.76. The fourth-order valence-corrected chi connectivity index (χ4v) is 3.72. The highest BCUT2D eigenvalue weighted by Gasteiger charge is 2.37. The van der Waals surface area contributed by atoms with Crippen molar-refractivity contribution in [1.29, 1.82) is 0 Å². The normalized spacial score (nSPS) is 15.3. The zero-order valence-electron chi connectivity index (χ0n) is 10.5. The van der Waals surface area contributed by atoms with E-state index in [-0.39, 0.29) is 22.5 Å². The SMILES string of the molecule is C=CCN(C1CC1)S(=O)(=O)c1ccc(Cl)c([N+](=O)[O-])c1. The third-order valence-electron chi connectivity index (χ3n) is 2.98. The molecule has 108 valence electrons. The van der Waals surface area contributed by atoms with E-state index in [0.717, 1.165) is 18.9 Å². The van der Waals surface area contributed by atoms with Crippen LogP contribution in [0.5, 0.6) is 0 Å². The predicted molar refractivity (Wildman–Crippen MR) is 75.2 cm³/mol. The smallest absolute Gasteiger partial charge is 0.258 e. The summed E-state index contributed by atoms with van der Waals surface area (Å²) in [6.45, 7) is 3.73. The van der Waals surface area contributed by atoms with Gasteiger partial charge >= 0.3 is 0 Å². The van der Waals surface area contributed by atoms with Gasteiger partial charge in [-0.15, -0.1) is 6.58 Å². The van der Waals surface area contributed by atoms with E-state index in [4.69, 9.17) is 11.6 Å². The molecule has 1 saturated carbocycles. The number of nitrogens with zero attached hydrogens (tertiary/aromatic N) is 2. The van der Waals surface area contributed by atoms with Gasteiger partial charge in [0.15, 0.2) is 0 Å². The number of benzene rings is 1. The van der Waals surface area contributed by atoms with Gasteiger partial charge in [0, 0.05) is 18.7 Å². The molecule has 1 aliphatic rings. The van der Waals surface area contributed by atoms with Gasteiger partial charge in [-0.1, -0.05) is 17.7 Å². The lowest BCUT2D eigenvalue weighted by molar-refractivity contribution is -0.384. The van der Waals surface area contributed by atoms with E-state index < -0.39 is 20.6 Å². The molecule has 0 spiro atoms. The lowest BCUT2D eigenvalue weighted by Crippen LogP contribution is -2.33. The number of hydrogen-bond acceptors (Lipinski definition) is 4. The molecule has 1 aliphatic carbocycles. The third kappa shape index (κ3) is 2.84. The lowest BCUT2D eigenvalue weighted by atomic mass is 10.3. The summed E-state index contributed by atoms with van der Waals surface area (Å²) >= 11 is 5.69. The standard InChI is InChI=1S/C12H13ClN2O4S/c1-2-7-14(9-3-4-9)20(18,19)10-5-6-11(13)12(8-10)15(16)17/h2,5-6,8-9H,1,3-4,7H2.